The number of hydrogen-bond acceptors (Lipinski definition) is 4. The summed E-state index contributed by atoms with van der Waals surface area (Å²) in [6, 6.07) is 0. The Bertz CT molecular complexity index is 683. The molecule has 0 atom stereocenters. The second-order valence-electron chi connectivity index (χ2n) is 7.32. The van der Waals surface area contributed by atoms with Crippen molar-refractivity contribution in [3.8, 4) is 0 Å². The topological polar surface area (TPSA) is 74.3 Å². The van der Waals surface area contributed by atoms with Crippen molar-refractivity contribution in [3.63, 3.8) is 0 Å². The van der Waals surface area contributed by atoms with Gasteiger partial charge in [0.25, 0.3) is 0 Å². The van der Waals surface area contributed by atoms with Crippen LogP contribution in [0, 0.1) is 0 Å². The molecule has 0 fully saturated rings. The van der Waals surface area contributed by atoms with Crippen molar-refractivity contribution in [3.05, 3.63) is 0 Å². The van der Waals surface area contributed by atoms with Crippen molar-refractivity contribution in [2.75, 3.05) is 5.75 Å². The minimum atomic E-state index is -7.43. The molecule has 0 aromatic carbocycles. The third-order valence-electron chi connectivity index (χ3n) is 4.03. The van der Waals surface area contributed by atoms with Gasteiger partial charge < -0.3 is 4.55 Å². The van der Waals surface area contributed by atoms with Crippen LogP contribution in [0.2, 0.25) is 0 Å². The van der Waals surface area contributed by atoms with E-state index in [1.165, 1.54) is 12.8 Å². The second kappa shape index (κ2) is 12.1. The fourth-order valence-electron chi connectivity index (χ4n) is 2.23. The number of rotatable bonds is 11. The molecule has 0 saturated carbocycles. The summed E-state index contributed by atoms with van der Waals surface area (Å²) in [4.78, 5) is 11.7. The highest BCUT2D eigenvalue weighted by molar-refractivity contribution is 7.98. The summed E-state index contributed by atoms with van der Waals surface area (Å²) in [5.74, 6) is -13.5. The van der Waals surface area contributed by atoms with E-state index in [4.69, 9.17) is 0 Å². The number of hydrogen-bond donors (Lipinski definition) is 0. The zero-order valence-corrected chi connectivity index (χ0v) is 19.7. The number of halogens is 9. The van der Waals surface area contributed by atoms with Crippen molar-refractivity contribution in [1.29, 1.82) is 0 Å². The van der Waals surface area contributed by atoms with Gasteiger partial charge in [-0.1, -0.05) is 19.8 Å². The molecule has 0 saturated heterocycles. The van der Waals surface area contributed by atoms with Crippen LogP contribution in [0.25, 0.3) is 0 Å². The van der Waals surface area contributed by atoms with Crippen LogP contribution in [0.3, 0.4) is 0 Å². The Hall–Kier alpha value is -0.700. The summed E-state index contributed by atoms with van der Waals surface area (Å²) in [6.07, 6.45) is -2.87. The Morgan fingerprint density at radius 1 is 0.844 bits per heavy atom. The zero-order valence-electron chi connectivity index (χ0n) is 18.0. The van der Waals surface area contributed by atoms with E-state index >= 15 is 0 Å². The number of carbonyl (C=O) groups is 1. The maximum atomic E-state index is 12.2. The standard InChI is InChI=1S/C13H27OS.C4HF9O3S/c1-6-7-8-9-13(14)10-15(11(2)3)12(4)5;5-1(6,3(9,10)11)2(7,8)4(12,13)17(14,15)16/h11-12H,6-10H2,1-5H3;(H,14,15,16)/q+1;/p-1. The molecule has 0 aliphatic rings. The average molecular weight is 531 g/mol. The molecule has 15 heteroatoms. The van der Waals surface area contributed by atoms with Crippen LogP contribution in [0.5, 0.6) is 0 Å². The molecule has 4 nitrogen and oxygen atoms in total. The van der Waals surface area contributed by atoms with Gasteiger partial charge in [0.15, 0.2) is 21.7 Å². The van der Waals surface area contributed by atoms with Gasteiger partial charge in [0.2, 0.25) is 0 Å². The Morgan fingerprint density at radius 3 is 1.53 bits per heavy atom. The van der Waals surface area contributed by atoms with Crippen LogP contribution in [0.15, 0.2) is 0 Å². The molecule has 32 heavy (non-hydrogen) atoms. The number of carbonyl (C=O) groups excluding carboxylic acids is 1. The maximum absolute atomic E-state index is 12.2. The second-order valence-corrected chi connectivity index (χ2v) is 11.9. The summed E-state index contributed by atoms with van der Waals surface area (Å²) < 4.78 is 135. The Balaban J connectivity index is 0. The molecule has 0 rings (SSSR count). The van der Waals surface area contributed by atoms with Crippen LogP contribution >= 0.6 is 0 Å². The van der Waals surface area contributed by atoms with Gasteiger partial charge in [-0.15, -0.1) is 0 Å². The normalized spacial score (nSPS) is 14.1. The molecule has 0 aromatic rings. The first kappa shape index (κ1) is 33.5. The molecule has 194 valence electrons. The lowest BCUT2D eigenvalue weighted by Gasteiger charge is -2.34. The summed E-state index contributed by atoms with van der Waals surface area (Å²) in [5, 5.41) is -5.81. The average Bonchev–Trinajstić information content (AvgIpc) is 2.57. The Kier molecular flexibility index (Phi) is 12.7. The van der Waals surface area contributed by atoms with Gasteiger partial charge in [-0.25, -0.2) is 8.42 Å². The Morgan fingerprint density at radius 2 is 1.25 bits per heavy atom. The molecule has 0 aromatic heterocycles. The molecule has 0 bridgehead atoms. The lowest BCUT2D eigenvalue weighted by Crippen LogP contribution is -2.63. The van der Waals surface area contributed by atoms with Gasteiger partial charge in [-0.3, -0.25) is 4.79 Å². The van der Waals surface area contributed by atoms with E-state index < -0.39 is 33.4 Å². The molecule has 0 radical (unpaired) electrons. The molecule has 0 aliphatic heterocycles. The van der Waals surface area contributed by atoms with Crippen LogP contribution in [0.4, 0.5) is 39.5 Å². The number of unbranched alkanes of at least 4 members (excludes halogenated alkanes) is 2. The number of Topliss-reactive ketones (excluding diaryl/α,β-unsaturated/α-hetero) is 1. The van der Waals surface area contributed by atoms with E-state index in [0.29, 0.717) is 16.3 Å². The van der Waals surface area contributed by atoms with Gasteiger partial charge in [0.1, 0.15) is 10.5 Å². The molecule has 0 heterocycles. The summed E-state index contributed by atoms with van der Waals surface area (Å²) in [6.45, 7) is 11.1. The van der Waals surface area contributed by atoms with Crippen molar-refractivity contribution in [2.45, 2.75) is 94.1 Å². The molecule has 0 amide bonds. The monoisotopic (exact) mass is 530 g/mol. The van der Waals surface area contributed by atoms with Gasteiger partial charge in [0, 0.05) is 6.42 Å². The summed E-state index contributed by atoms with van der Waals surface area (Å²) in [7, 11) is -7.13. The first-order chi connectivity index (χ1) is 14.0. The third kappa shape index (κ3) is 8.58. The molecular weight excluding hydrogens is 503 g/mol. The molecule has 0 spiro atoms. The largest absolute Gasteiger partial charge is 0.743 e. The van der Waals surface area contributed by atoms with Gasteiger partial charge in [-0.2, -0.15) is 39.5 Å². The quantitative estimate of drug-likeness (QED) is 0.152. The number of ketones is 1. The van der Waals surface area contributed by atoms with Crippen LogP contribution in [-0.4, -0.2) is 58.3 Å². The minimum absolute atomic E-state index is 0.287. The minimum Gasteiger partial charge on any atom is -0.743 e. The van der Waals surface area contributed by atoms with Gasteiger partial charge in [-0.05, 0) is 45.0 Å². The third-order valence-corrected chi connectivity index (χ3v) is 7.99. The molecular formula is C17H27F9O4S2. The molecule has 0 N–H and O–H groups in total. The Labute approximate surface area is 184 Å². The van der Waals surface area contributed by atoms with Crippen molar-refractivity contribution in [1.82, 2.24) is 0 Å². The van der Waals surface area contributed by atoms with Gasteiger partial charge in [0.05, 0.1) is 0 Å². The van der Waals surface area contributed by atoms with E-state index in [-0.39, 0.29) is 10.9 Å². The van der Waals surface area contributed by atoms with E-state index in [2.05, 4.69) is 34.6 Å². The summed E-state index contributed by atoms with van der Waals surface area (Å²) in [5.41, 5.74) is 0. The molecule has 0 unspecified atom stereocenters. The smallest absolute Gasteiger partial charge is 0.460 e. The first-order valence-corrected chi connectivity index (χ1v) is 12.3. The van der Waals surface area contributed by atoms with Gasteiger partial charge >= 0.3 is 23.3 Å². The predicted molar refractivity (Wildman–Crippen MR) is 102 cm³/mol. The molecule has 0 aliphatic carbocycles. The van der Waals surface area contributed by atoms with E-state index in [0.717, 1.165) is 18.6 Å². The van der Waals surface area contributed by atoms with Crippen molar-refractivity contribution in [2.24, 2.45) is 0 Å². The first-order valence-electron chi connectivity index (χ1n) is 9.34. The van der Waals surface area contributed by atoms with E-state index in [1.807, 2.05) is 0 Å². The fraction of sp³-hybridized carbons (Fsp3) is 0.941. The van der Waals surface area contributed by atoms with E-state index in [1.54, 1.807) is 0 Å². The van der Waals surface area contributed by atoms with E-state index in [9.17, 15) is 57.3 Å². The highest BCUT2D eigenvalue weighted by Crippen LogP contribution is 2.54. The van der Waals surface area contributed by atoms with Crippen molar-refractivity contribution < 1.29 is 57.3 Å². The maximum Gasteiger partial charge on any atom is 0.460 e. The predicted octanol–water partition coefficient (Wildman–Crippen LogP) is 5.53. The SMILES string of the molecule is CCCCCC(=O)C[S+](C(C)C)C(C)C.O=S(=O)([O-])C(F)(F)C(F)(F)C(F)(F)C(F)(F)F. The van der Waals surface area contributed by atoms with Crippen LogP contribution in [0.1, 0.15) is 60.3 Å². The summed E-state index contributed by atoms with van der Waals surface area (Å²) >= 11 is 0. The van der Waals surface area contributed by atoms with Crippen LogP contribution < -0.4 is 0 Å². The van der Waals surface area contributed by atoms with Crippen molar-refractivity contribution >= 4 is 26.8 Å². The lowest BCUT2D eigenvalue weighted by atomic mass is 10.1. The highest BCUT2D eigenvalue weighted by Gasteiger charge is 2.83. The lowest BCUT2D eigenvalue weighted by molar-refractivity contribution is -0.382. The van der Waals surface area contributed by atoms with Crippen LogP contribution in [-0.2, 0) is 25.8 Å². The fourth-order valence-corrected chi connectivity index (χ4v) is 4.94. The number of alkyl halides is 9. The zero-order chi connectivity index (χ0) is 26.3. The highest BCUT2D eigenvalue weighted by atomic mass is 32.2.